The molecule has 0 atom stereocenters. The summed E-state index contributed by atoms with van der Waals surface area (Å²) in [6.45, 7) is 11.2. The van der Waals surface area contributed by atoms with Gasteiger partial charge in [0.15, 0.2) is 0 Å². The van der Waals surface area contributed by atoms with Crippen LogP contribution in [0.3, 0.4) is 0 Å². The van der Waals surface area contributed by atoms with E-state index in [1.54, 1.807) is 0 Å². The van der Waals surface area contributed by atoms with E-state index < -0.39 is 0 Å². The Bertz CT molecular complexity index is 345. The van der Waals surface area contributed by atoms with E-state index in [2.05, 4.69) is 42.6 Å². The van der Waals surface area contributed by atoms with Gasteiger partial charge in [-0.05, 0) is 33.2 Å². The molecule has 4 nitrogen and oxygen atoms in total. The van der Waals surface area contributed by atoms with Crippen molar-refractivity contribution in [1.29, 1.82) is 0 Å². The second-order valence-electron chi connectivity index (χ2n) is 5.64. The number of ether oxygens (including phenoxy) is 1. The van der Waals surface area contributed by atoms with Crippen LogP contribution in [0.15, 0.2) is 12.5 Å². The molecule has 1 aromatic rings. The van der Waals surface area contributed by atoms with Crippen molar-refractivity contribution in [3.8, 4) is 0 Å². The minimum atomic E-state index is -0.0611. The van der Waals surface area contributed by atoms with Crippen LogP contribution in [0.4, 0.5) is 0 Å². The Labute approximate surface area is 111 Å². The van der Waals surface area contributed by atoms with E-state index >= 15 is 0 Å². The Hall–Kier alpha value is -0.870. The van der Waals surface area contributed by atoms with Crippen molar-refractivity contribution in [1.82, 2.24) is 14.9 Å². The molecule has 0 spiro atoms. The molecule has 0 radical (unpaired) electrons. The highest BCUT2D eigenvalue weighted by atomic mass is 16.5. The average Bonchev–Trinajstić information content (AvgIpc) is 2.77. The first-order chi connectivity index (χ1) is 8.47. The molecule has 0 amide bonds. The fraction of sp³-hybridized carbons (Fsp3) is 0.786. The van der Waals surface area contributed by atoms with E-state index in [9.17, 15) is 0 Å². The SMILES string of the molecule is CNC(C)(C)c1cncn1CCOCCC(C)C. The van der Waals surface area contributed by atoms with Gasteiger partial charge in [0.25, 0.3) is 0 Å². The third kappa shape index (κ3) is 4.42. The number of aromatic nitrogens is 2. The van der Waals surface area contributed by atoms with Crippen LogP contribution in [0, 0.1) is 5.92 Å². The topological polar surface area (TPSA) is 39.1 Å². The highest BCUT2D eigenvalue weighted by Crippen LogP contribution is 2.18. The predicted octanol–water partition coefficient (Wildman–Crippen LogP) is 2.40. The number of imidazole rings is 1. The summed E-state index contributed by atoms with van der Waals surface area (Å²) in [5, 5.41) is 3.30. The zero-order valence-corrected chi connectivity index (χ0v) is 12.4. The van der Waals surface area contributed by atoms with Crippen molar-refractivity contribution in [3.63, 3.8) is 0 Å². The van der Waals surface area contributed by atoms with Crippen molar-refractivity contribution < 1.29 is 4.74 Å². The molecule has 0 aliphatic rings. The summed E-state index contributed by atoms with van der Waals surface area (Å²) in [4.78, 5) is 4.23. The van der Waals surface area contributed by atoms with Gasteiger partial charge in [-0.15, -0.1) is 0 Å². The van der Waals surface area contributed by atoms with E-state index in [0.717, 1.165) is 26.2 Å². The smallest absolute Gasteiger partial charge is 0.0949 e. The third-order valence-electron chi connectivity index (χ3n) is 3.29. The van der Waals surface area contributed by atoms with Gasteiger partial charge >= 0.3 is 0 Å². The first kappa shape index (κ1) is 15.2. The number of rotatable bonds is 8. The van der Waals surface area contributed by atoms with Gasteiger partial charge in [0.2, 0.25) is 0 Å². The number of hydrogen-bond acceptors (Lipinski definition) is 3. The molecular formula is C14H27N3O. The molecule has 0 saturated carbocycles. The second kappa shape index (κ2) is 6.90. The lowest BCUT2D eigenvalue weighted by Crippen LogP contribution is -2.35. The fourth-order valence-electron chi connectivity index (χ4n) is 1.73. The van der Waals surface area contributed by atoms with E-state index in [4.69, 9.17) is 4.74 Å². The molecule has 1 heterocycles. The van der Waals surface area contributed by atoms with Crippen LogP contribution in [0.2, 0.25) is 0 Å². The Morgan fingerprint density at radius 1 is 1.39 bits per heavy atom. The summed E-state index contributed by atoms with van der Waals surface area (Å²) >= 11 is 0. The van der Waals surface area contributed by atoms with Gasteiger partial charge in [-0.1, -0.05) is 13.8 Å². The molecule has 104 valence electrons. The first-order valence-corrected chi connectivity index (χ1v) is 6.74. The van der Waals surface area contributed by atoms with Gasteiger partial charge in [-0.2, -0.15) is 0 Å². The van der Waals surface area contributed by atoms with Crippen molar-refractivity contribution in [2.45, 2.75) is 46.2 Å². The van der Waals surface area contributed by atoms with Crippen LogP contribution in [0.25, 0.3) is 0 Å². The van der Waals surface area contributed by atoms with Crippen LogP contribution >= 0.6 is 0 Å². The highest BCUT2D eigenvalue weighted by Gasteiger charge is 2.21. The summed E-state index contributed by atoms with van der Waals surface area (Å²) < 4.78 is 7.81. The number of hydrogen-bond donors (Lipinski definition) is 1. The molecule has 0 fully saturated rings. The van der Waals surface area contributed by atoms with Crippen molar-refractivity contribution in [2.75, 3.05) is 20.3 Å². The standard InChI is InChI=1S/C14H27N3O/c1-12(2)6-8-18-9-7-17-11-16-10-13(17)14(3,4)15-5/h10-12,15H,6-9H2,1-5H3. The lowest BCUT2D eigenvalue weighted by Gasteiger charge is -2.25. The summed E-state index contributed by atoms with van der Waals surface area (Å²) in [6, 6.07) is 0. The van der Waals surface area contributed by atoms with Crippen LogP contribution in [-0.4, -0.2) is 29.8 Å². The van der Waals surface area contributed by atoms with Crippen LogP contribution in [-0.2, 0) is 16.8 Å². The van der Waals surface area contributed by atoms with Crippen LogP contribution in [0.1, 0.15) is 39.8 Å². The molecule has 18 heavy (non-hydrogen) atoms. The van der Waals surface area contributed by atoms with Gasteiger partial charge in [0, 0.05) is 19.3 Å². The summed E-state index contributed by atoms with van der Waals surface area (Å²) in [5.74, 6) is 0.706. The van der Waals surface area contributed by atoms with Gasteiger partial charge in [0.05, 0.1) is 24.2 Å². The predicted molar refractivity (Wildman–Crippen MR) is 74.6 cm³/mol. The maximum atomic E-state index is 5.65. The van der Waals surface area contributed by atoms with E-state index in [0.29, 0.717) is 5.92 Å². The summed E-state index contributed by atoms with van der Waals surface area (Å²) in [7, 11) is 1.97. The fourth-order valence-corrected chi connectivity index (χ4v) is 1.73. The normalized spacial score (nSPS) is 12.3. The highest BCUT2D eigenvalue weighted by molar-refractivity contribution is 5.10. The largest absolute Gasteiger partial charge is 0.380 e. The zero-order chi connectivity index (χ0) is 13.6. The minimum absolute atomic E-state index is 0.0611. The van der Waals surface area contributed by atoms with Crippen LogP contribution < -0.4 is 5.32 Å². The molecule has 0 aromatic carbocycles. The maximum absolute atomic E-state index is 5.65. The Morgan fingerprint density at radius 3 is 2.72 bits per heavy atom. The Kier molecular flexibility index (Phi) is 5.82. The Morgan fingerprint density at radius 2 is 2.11 bits per heavy atom. The molecule has 1 rings (SSSR count). The van der Waals surface area contributed by atoms with Crippen LogP contribution in [0.5, 0.6) is 0 Å². The van der Waals surface area contributed by atoms with E-state index in [1.807, 2.05) is 19.6 Å². The lowest BCUT2D eigenvalue weighted by atomic mass is 10.0. The summed E-state index contributed by atoms with van der Waals surface area (Å²) in [6.07, 6.45) is 4.92. The van der Waals surface area contributed by atoms with Gasteiger partial charge in [-0.25, -0.2) is 4.98 Å². The zero-order valence-electron chi connectivity index (χ0n) is 12.4. The van der Waals surface area contributed by atoms with Crippen molar-refractivity contribution in [3.05, 3.63) is 18.2 Å². The molecule has 1 aromatic heterocycles. The first-order valence-electron chi connectivity index (χ1n) is 6.74. The van der Waals surface area contributed by atoms with Gasteiger partial charge in [0.1, 0.15) is 0 Å². The molecule has 1 N–H and O–H groups in total. The molecule has 0 unspecified atom stereocenters. The summed E-state index contributed by atoms with van der Waals surface area (Å²) in [5.41, 5.74) is 1.13. The maximum Gasteiger partial charge on any atom is 0.0949 e. The quantitative estimate of drug-likeness (QED) is 0.723. The van der Waals surface area contributed by atoms with Gasteiger partial charge < -0.3 is 14.6 Å². The minimum Gasteiger partial charge on any atom is -0.380 e. The van der Waals surface area contributed by atoms with Gasteiger partial charge in [-0.3, -0.25) is 0 Å². The number of nitrogens with one attached hydrogen (secondary N) is 1. The molecule has 0 saturated heterocycles. The lowest BCUT2D eigenvalue weighted by molar-refractivity contribution is 0.115. The number of nitrogens with zero attached hydrogens (tertiary/aromatic N) is 2. The van der Waals surface area contributed by atoms with Crippen molar-refractivity contribution >= 4 is 0 Å². The second-order valence-corrected chi connectivity index (χ2v) is 5.64. The average molecular weight is 253 g/mol. The van der Waals surface area contributed by atoms with Crippen molar-refractivity contribution in [2.24, 2.45) is 5.92 Å². The molecule has 4 heteroatoms. The van der Waals surface area contributed by atoms with E-state index in [1.165, 1.54) is 5.69 Å². The molecule has 0 aliphatic carbocycles. The van der Waals surface area contributed by atoms with E-state index in [-0.39, 0.29) is 5.54 Å². The molecular weight excluding hydrogens is 226 g/mol. The third-order valence-corrected chi connectivity index (χ3v) is 3.29. The Balaban J connectivity index is 2.42. The molecule has 0 aliphatic heterocycles. The monoisotopic (exact) mass is 253 g/mol. The molecule has 0 bridgehead atoms.